The van der Waals surface area contributed by atoms with E-state index in [0.29, 0.717) is 0 Å². The molecule has 2 N–H and O–H groups in total. The van der Waals surface area contributed by atoms with Gasteiger partial charge in [0.2, 0.25) is 0 Å². The van der Waals surface area contributed by atoms with E-state index >= 15 is 0 Å². The Labute approximate surface area is 117 Å². The summed E-state index contributed by atoms with van der Waals surface area (Å²) in [6.07, 6.45) is 3.67. The molecule has 108 valence electrons. The third kappa shape index (κ3) is 4.37. The maximum Gasteiger partial charge on any atom is 0.138 e. The highest BCUT2D eigenvalue weighted by atomic mass is 15.1. The normalized spacial score (nSPS) is 11.5. The summed E-state index contributed by atoms with van der Waals surface area (Å²) >= 11 is 0. The molecule has 1 aromatic heterocycles. The van der Waals surface area contributed by atoms with Crippen molar-refractivity contribution in [2.24, 2.45) is 0 Å². The van der Waals surface area contributed by atoms with E-state index in [2.05, 4.69) is 55.2 Å². The van der Waals surface area contributed by atoms with Crippen molar-refractivity contribution < 1.29 is 0 Å². The highest BCUT2D eigenvalue weighted by molar-refractivity contribution is 5.57. The van der Waals surface area contributed by atoms with Gasteiger partial charge in [0, 0.05) is 24.6 Å². The first kappa shape index (κ1) is 15.7. The quantitative estimate of drug-likeness (QED) is 0.769. The third-order valence-corrected chi connectivity index (χ3v) is 3.13. The Hall–Kier alpha value is -1.32. The van der Waals surface area contributed by atoms with Crippen LogP contribution in [0.15, 0.2) is 0 Å². The summed E-state index contributed by atoms with van der Waals surface area (Å²) in [7, 11) is 1.91. The van der Waals surface area contributed by atoms with E-state index in [0.717, 1.165) is 29.6 Å². The SMILES string of the molecule is CCCCCNc1nc(C(C)(C)C)nc(NC)c1C. The van der Waals surface area contributed by atoms with Crippen molar-refractivity contribution in [3.63, 3.8) is 0 Å². The smallest absolute Gasteiger partial charge is 0.138 e. The fourth-order valence-corrected chi connectivity index (χ4v) is 1.85. The molecule has 19 heavy (non-hydrogen) atoms. The second kappa shape index (κ2) is 6.73. The number of unbranched alkanes of at least 4 members (excludes halogenated alkanes) is 2. The molecule has 0 unspecified atom stereocenters. The van der Waals surface area contributed by atoms with Crippen LogP contribution in [0.3, 0.4) is 0 Å². The minimum atomic E-state index is -0.0425. The van der Waals surface area contributed by atoms with Crippen LogP contribution in [0.1, 0.15) is 58.3 Å². The molecular formula is C15H28N4. The molecule has 0 aliphatic carbocycles. The maximum atomic E-state index is 4.69. The number of nitrogens with one attached hydrogen (secondary N) is 2. The van der Waals surface area contributed by atoms with Gasteiger partial charge in [0.1, 0.15) is 17.5 Å². The monoisotopic (exact) mass is 264 g/mol. The van der Waals surface area contributed by atoms with Crippen LogP contribution in [0.4, 0.5) is 11.6 Å². The van der Waals surface area contributed by atoms with Gasteiger partial charge in [-0.1, -0.05) is 40.5 Å². The van der Waals surface area contributed by atoms with E-state index in [4.69, 9.17) is 0 Å². The van der Waals surface area contributed by atoms with Crippen molar-refractivity contribution >= 4 is 11.6 Å². The first-order chi connectivity index (χ1) is 8.90. The number of anilines is 2. The minimum absolute atomic E-state index is 0.0425. The molecule has 0 saturated carbocycles. The van der Waals surface area contributed by atoms with Crippen molar-refractivity contribution in [1.82, 2.24) is 9.97 Å². The van der Waals surface area contributed by atoms with Gasteiger partial charge in [-0.25, -0.2) is 9.97 Å². The fraction of sp³-hybridized carbons (Fsp3) is 0.733. The van der Waals surface area contributed by atoms with E-state index in [1.807, 2.05) is 7.05 Å². The molecular weight excluding hydrogens is 236 g/mol. The van der Waals surface area contributed by atoms with Gasteiger partial charge in [-0.2, -0.15) is 0 Å². The van der Waals surface area contributed by atoms with Gasteiger partial charge in [0.15, 0.2) is 0 Å². The van der Waals surface area contributed by atoms with Crippen molar-refractivity contribution in [2.45, 2.75) is 59.3 Å². The van der Waals surface area contributed by atoms with E-state index in [9.17, 15) is 0 Å². The highest BCUT2D eigenvalue weighted by Crippen LogP contribution is 2.25. The molecule has 1 rings (SSSR count). The Morgan fingerprint density at radius 1 is 1.05 bits per heavy atom. The van der Waals surface area contributed by atoms with Gasteiger partial charge in [0.25, 0.3) is 0 Å². The molecule has 0 aromatic carbocycles. The molecule has 1 heterocycles. The molecule has 4 heteroatoms. The second-order valence-electron chi connectivity index (χ2n) is 6.00. The maximum absolute atomic E-state index is 4.69. The lowest BCUT2D eigenvalue weighted by Gasteiger charge is -2.20. The average molecular weight is 264 g/mol. The van der Waals surface area contributed by atoms with Crippen LogP contribution in [-0.2, 0) is 5.41 Å². The summed E-state index contributed by atoms with van der Waals surface area (Å²) in [5, 5.41) is 6.60. The topological polar surface area (TPSA) is 49.8 Å². The lowest BCUT2D eigenvalue weighted by atomic mass is 9.95. The Morgan fingerprint density at radius 3 is 2.21 bits per heavy atom. The van der Waals surface area contributed by atoms with E-state index in [-0.39, 0.29) is 5.41 Å². The minimum Gasteiger partial charge on any atom is -0.373 e. The van der Waals surface area contributed by atoms with Gasteiger partial charge in [-0.15, -0.1) is 0 Å². The lowest BCUT2D eigenvalue weighted by Crippen LogP contribution is -2.19. The van der Waals surface area contributed by atoms with Crippen molar-refractivity contribution in [3.05, 3.63) is 11.4 Å². The Bertz CT molecular complexity index is 407. The molecule has 0 spiro atoms. The fourth-order valence-electron chi connectivity index (χ4n) is 1.85. The van der Waals surface area contributed by atoms with Crippen molar-refractivity contribution in [2.75, 3.05) is 24.2 Å². The van der Waals surface area contributed by atoms with Crippen LogP contribution in [0.5, 0.6) is 0 Å². The molecule has 0 aliphatic heterocycles. The van der Waals surface area contributed by atoms with E-state index < -0.39 is 0 Å². The lowest BCUT2D eigenvalue weighted by molar-refractivity contribution is 0.546. The van der Waals surface area contributed by atoms with Gasteiger partial charge in [-0.3, -0.25) is 0 Å². The molecule has 0 aliphatic rings. The summed E-state index contributed by atoms with van der Waals surface area (Å²) in [6.45, 7) is 11.7. The Morgan fingerprint density at radius 2 is 1.68 bits per heavy atom. The summed E-state index contributed by atoms with van der Waals surface area (Å²) < 4.78 is 0. The molecule has 1 aromatic rings. The molecule has 0 radical (unpaired) electrons. The largest absolute Gasteiger partial charge is 0.373 e. The number of nitrogens with zero attached hydrogens (tertiary/aromatic N) is 2. The zero-order chi connectivity index (χ0) is 14.5. The van der Waals surface area contributed by atoms with Crippen LogP contribution < -0.4 is 10.6 Å². The Kier molecular flexibility index (Phi) is 5.58. The van der Waals surface area contributed by atoms with E-state index in [1.165, 1.54) is 19.3 Å². The predicted octanol–water partition coefficient (Wildman–Crippen LogP) is 3.73. The summed E-state index contributed by atoms with van der Waals surface area (Å²) in [6, 6.07) is 0. The van der Waals surface area contributed by atoms with Gasteiger partial charge in [-0.05, 0) is 13.3 Å². The second-order valence-corrected chi connectivity index (χ2v) is 6.00. The van der Waals surface area contributed by atoms with Gasteiger partial charge in [0.05, 0.1) is 0 Å². The Balaban J connectivity index is 2.95. The highest BCUT2D eigenvalue weighted by Gasteiger charge is 2.20. The molecule has 0 amide bonds. The summed E-state index contributed by atoms with van der Waals surface area (Å²) in [5.74, 6) is 2.75. The van der Waals surface area contributed by atoms with Gasteiger partial charge >= 0.3 is 0 Å². The molecule has 4 nitrogen and oxygen atoms in total. The average Bonchev–Trinajstić information content (AvgIpc) is 2.35. The summed E-state index contributed by atoms with van der Waals surface area (Å²) in [5.41, 5.74) is 1.05. The van der Waals surface area contributed by atoms with Crippen LogP contribution in [0.25, 0.3) is 0 Å². The van der Waals surface area contributed by atoms with Crippen LogP contribution in [0.2, 0.25) is 0 Å². The molecule has 0 bridgehead atoms. The van der Waals surface area contributed by atoms with Crippen molar-refractivity contribution in [1.29, 1.82) is 0 Å². The zero-order valence-corrected chi connectivity index (χ0v) is 13.2. The van der Waals surface area contributed by atoms with Crippen LogP contribution >= 0.6 is 0 Å². The number of hydrogen-bond donors (Lipinski definition) is 2. The van der Waals surface area contributed by atoms with Crippen molar-refractivity contribution in [3.8, 4) is 0 Å². The predicted molar refractivity (Wildman–Crippen MR) is 83.0 cm³/mol. The number of rotatable bonds is 6. The van der Waals surface area contributed by atoms with Crippen LogP contribution in [0, 0.1) is 6.92 Å². The standard InChI is InChI=1S/C15H28N4/c1-7-8-9-10-17-13-11(2)12(16-6)18-14(19-13)15(3,4)5/h7-10H2,1-6H3,(H2,16,17,18,19). The van der Waals surface area contributed by atoms with E-state index in [1.54, 1.807) is 0 Å². The third-order valence-electron chi connectivity index (χ3n) is 3.13. The number of aromatic nitrogens is 2. The van der Waals surface area contributed by atoms with Crippen LogP contribution in [-0.4, -0.2) is 23.6 Å². The molecule has 0 atom stereocenters. The molecule has 0 fully saturated rings. The van der Waals surface area contributed by atoms with Gasteiger partial charge < -0.3 is 10.6 Å². The molecule has 0 saturated heterocycles. The first-order valence-electron chi connectivity index (χ1n) is 7.21. The number of hydrogen-bond acceptors (Lipinski definition) is 4. The zero-order valence-electron chi connectivity index (χ0n) is 13.2. The first-order valence-corrected chi connectivity index (χ1v) is 7.21. The summed E-state index contributed by atoms with van der Waals surface area (Å²) in [4.78, 5) is 9.29.